The number of halogens is 2. The van der Waals surface area contributed by atoms with E-state index in [2.05, 4.69) is 10.2 Å². The number of rotatable bonds is 5. The molecule has 0 spiro atoms. The van der Waals surface area contributed by atoms with Crippen LogP contribution in [0, 0.1) is 12.7 Å². The van der Waals surface area contributed by atoms with E-state index in [4.69, 9.17) is 21.6 Å². The van der Waals surface area contributed by atoms with Crippen LogP contribution in [0.1, 0.15) is 16.8 Å². The first-order chi connectivity index (χ1) is 18.0. The molecule has 1 aliphatic rings. The van der Waals surface area contributed by atoms with Crippen LogP contribution in [0.4, 0.5) is 20.7 Å². The SMILES string of the molecule is Cc1nc(-c2ccccc2)nc(N2CCN(C(=O)Nc3cccc(F)c3)CC2)c1Cc1ccc(Cl)cc1. The van der Waals surface area contributed by atoms with Gasteiger partial charge in [0.05, 0.1) is 0 Å². The van der Waals surface area contributed by atoms with Gasteiger partial charge in [-0.25, -0.2) is 19.2 Å². The van der Waals surface area contributed by atoms with Crippen LogP contribution in [-0.4, -0.2) is 47.1 Å². The molecule has 6 nitrogen and oxygen atoms in total. The molecule has 8 heteroatoms. The van der Waals surface area contributed by atoms with Gasteiger partial charge in [-0.3, -0.25) is 0 Å². The Morgan fingerprint density at radius 1 is 0.946 bits per heavy atom. The summed E-state index contributed by atoms with van der Waals surface area (Å²) >= 11 is 6.10. The van der Waals surface area contributed by atoms with Crippen molar-refractivity contribution in [2.75, 3.05) is 36.4 Å². The van der Waals surface area contributed by atoms with Crippen LogP contribution >= 0.6 is 11.6 Å². The van der Waals surface area contributed by atoms with Crippen molar-refractivity contribution in [1.29, 1.82) is 0 Å². The summed E-state index contributed by atoms with van der Waals surface area (Å²) in [6.07, 6.45) is 0.674. The van der Waals surface area contributed by atoms with E-state index in [0.29, 0.717) is 49.1 Å². The van der Waals surface area contributed by atoms with E-state index in [9.17, 15) is 9.18 Å². The lowest BCUT2D eigenvalue weighted by Gasteiger charge is -2.36. The molecule has 0 bridgehead atoms. The minimum Gasteiger partial charge on any atom is -0.353 e. The zero-order chi connectivity index (χ0) is 25.8. The summed E-state index contributed by atoms with van der Waals surface area (Å²) in [5, 5.41) is 3.49. The summed E-state index contributed by atoms with van der Waals surface area (Å²) in [5.41, 5.74) is 4.50. The molecular weight excluding hydrogens is 489 g/mol. The third kappa shape index (κ3) is 5.89. The average Bonchev–Trinajstić information content (AvgIpc) is 2.91. The molecule has 1 fully saturated rings. The van der Waals surface area contributed by atoms with Gasteiger partial charge in [0, 0.05) is 60.1 Å². The number of nitrogens with one attached hydrogen (secondary N) is 1. The molecule has 5 rings (SSSR count). The van der Waals surface area contributed by atoms with E-state index in [1.807, 2.05) is 61.5 Å². The van der Waals surface area contributed by atoms with Crippen molar-refractivity contribution in [2.45, 2.75) is 13.3 Å². The van der Waals surface area contributed by atoms with Gasteiger partial charge in [-0.15, -0.1) is 0 Å². The summed E-state index contributed by atoms with van der Waals surface area (Å²) < 4.78 is 13.5. The molecular formula is C29H27ClFN5O. The number of aromatic nitrogens is 2. The molecule has 1 saturated heterocycles. The van der Waals surface area contributed by atoms with Gasteiger partial charge in [0.1, 0.15) is 11.6 Å². The first-order valence-corrected chi connectivity index (χ1v) is 12.6. The summed E-state index contributed by atoms with van der Waals surface area (Å²) in [7, 11) is 0. The zero-order valence-electron chi connectivity index (χ0n) is 20.5. The maximum atomic E-state index is 13.5. The Balaban J connectivity index is 1.39. The Morgan fingerprint density at radius 3 is 2.38 bits per heavy atom. The van der Waals surface area contributed by atoms with Gasteiger partial charge in [0.25, 0.3) is 0 Å². The Kier molecular flexibility index (Phi) is 7.32. The van der Waals surface area contributed by atoms with Gasteiger partial charge in [0.15, 0.2) is 5.82 Å². The first-order valence-electron chi connectivity index (χ1n) is 12.2. The number of benzene rings is 3. The highest BCUT2D eigenvalue weighted by Crippen LogP contribution is 2.29. The first kappa shape index (κ1) is 24.7. The third-order valence-corrected chi connectivity index (χ3v) is 6.71. The maximum Gasteiger partial charge on any atom is 0.321 e. The van der Waals surface area contributed by atoms with E-state index >= 15 is 0 Å². The van der Waals surface area contributed by atoms with Gasteiger partial charge in [-0.1, -0.05) is 60.1 Å². The molecule has 3 aromatic carbocycles. The van der Waals surface area contributed by atoms with Gasteiger partial charge >= 0.3 is 6.03 Å². The van der Waals surface area contributed by atoms with Gasteiger partial charge in [-0.05, 0) is 42.8 Å². The summed E-state index contributed by atoms with van der Waals surface area (Å²) in [6.45, 7) is 4.30. The van der Waals surface area contributed by atoms with Crippen LogP contribution < -0.4 is 10.2 Å². The highest BCUT2D eigenvalue weighted by atomic mass is 35.5. The monoisotopic (exact) mass is 515 g/mol. The Hall–Kier alpha value is -3.97. The number of anilines is 2. The predicted molar refractivity (Wildman–Crippen MR) is 146 cm³/mol. The fraction of sp³-hybridized carbons (Fsp3) is 0.207. The Morgan fingerprint density at radius 2 is 1.68 bits per heavy atom. The topological polar surface area (TPSA) is 61.4 Å². The number of hydrogen-bond acceptors (Lipinski definition) is 4. The fourth-order valence-electron chi connectivity index (χ4n) is 4.46. The molecule has 1 N–H and O–H groups in total. The van der Waals surface area contributed by atoms with Crippen molar-refractivity contribution < 1.29 is 9.18 Å². The van der Waals surface area contributed by atoms with Crippen molar-refractivity contribution in [1.82, 2.24) is 14.9 Å². The van der Waals surface area contributed by atoms with Gasteiger partial charge < -0.3 is 15.1 Å². The second kappa shape index (κ2) is 11.0. The van der Waals surface area contributed by atoms with Crippen molar-refractivity contribution in [3.63, 3.8) is 0 Å². The maximum absolute atomic E-state index is 13.5. The van der Waals surface area contributed by atoms with E-state index in [-0.39, 0.29) is 11.8 Å². The van der Waals surface area contributed by atoms with Gasteiger partial charge in [0.2, 0.25) is 0 Å². The normalized spacial score (nSPS) is 13.5. The number of carbonyl (C=O) groups excluding carboxylic acids is 1. The second-order valence-electron chi connectivity index (χ2n) is 9.02. The number of carbonyl (C=O) groups is 1. The molecule has 0 saturated carbocycles. The van der Waals surface area contributed by atoms with E-state index in [1.165, 1.54) is 12.1 Å². The molecule has 2 heterocycles. The van der Waals surface area contributed by atoms with E-state index in [1.54, 1.807) is 17.0 Å². The third-order valence-electron chi connectivity index (χ3n) is 6.46. The number of piperazine rings is 1. The molecule has 188 valence electrons. The van der Waals surface area contributed by atoms with Crippen LogP contribution in [0.3, 0.4) is 0 Å². The minimum absolute atomic E-state index is 0.240. The number of hydrogen-bond donors (Lipinski definition) is 1. The lowest BCUT2D eigenvalue weighted by Crippen LogP contribution is -2.50. The average molecular weight is 516 g/mol. The molecule has 37 heavy (non-hydrogen) atoms. The molecule has 0 aliphatic carbocycles. The van der Waals surface area contributed by atoms with E-state index in [0.717, 1.165) is 28.2 Å². The van der Waals surface area contributed by atoms with Crippen LogP contribution in [-0.2, 0) is 6.42 Å². The molecule has 0 unspecified atom stereocenters. The lowest BCUT2D eigenvalue weighted by molar-refractivity contribution is 0.208. The number of amides is 2. The predicted octanol–water partition coefficient (Wildman–Crippen LogP) is 6.19. The largest absolute Gasteiger partial charge is 0.353 e. The fourth-order valence-corrected chi connectivity index (χ4v) is 4.59. The standard InChI is InChI=1S/C29H27ClFN5O/c1-20-26(18-21-10-12-23(30)13-11-21)28(34-27(32-20)22-6-3-2-4-7-22)35-14-16-36(17-15-35)29(37)33-25-9-5-8-24(31)19-25/h2-13,19H,14-18H2,1H3,(H,33,37). The highest BCUT2D eigenvalue weighted by Gasteiger charge is 2.25. The van der Waals surface area contributed by atoms with Crippen LogP contribution in [0.25, 0.3) is 11.4 Å². The zero-order valence-corrected chi connectivity index (χ0v) is 21.3. The van der Waals surface area contributed by atoms with E-state index < -0.39 is 0 Å². The number of aryl methyl sites for hydroxylation is 1. The smallest absolute Gasteiger partial charge is 0.321 e. The summed E-state index contributed by atoms with van der Waals surface area (Å²) in [4.78, 5) is 26.6. The van der Waals surface area contributed by atoms with Crippen LogP contribution in [0.5, 0.6) is 0 Å². The molecule has 4 aromatic rings. The van der Waals surface area contributed by atoms with Crippen molar-refractivity contribution >= 4 is 29.1 Å². The second-order valence-corrected chi connectivity index (χ2v) is 9.46. The molecule has 1 aliphatic heterocycles. The molecule has 0 radical (unpaired) electrons. The van der Waals surface area contributed by atoms with Gasteiger partial charge in [-0.2, -0.15) is 0 Å². The Bertz CT molecular complexity index is 1390. The summed E-state index contributed by atoms with van der Waals surface area (Å²) in [6, 6.07) is 23.4. The number of nitrogens with zero attached hydrogens (tertiary/aromatic N) is 4. The lowest BCUT2D eigenvalue weighted by atomic mass is 10.0. The molecule has 0 atom stereocenters. The van der Waals surface area contributed by atoms with Crippen molar-refractivity contribution in [2.24, 2.45) is 0 Å². The van der Waals surface area contributed by atoms with Crippen molar-refractivity contribution in [3.8, 4) is 11.4 Å². The Labute approximate surface area is 220 Å². The van der Waals surface area contributed by atoms with Crippen LogP contribution in [0.2, 0.25) is 5.02 Å². The summed E-state index contributed by atoms with van der Waals surface area (Å²) in [5.74, 6) is 1.18. The highest BCUT2D eigenvalue weighted by molar-refractivity contribution is 6.30. The number of urea groups is 1. The van der Waals surface area contributed by atoms with Crippen molar-refractivity contribution in [3.05, 3.63) is 107 Å². The van der Waals surface area contributed by atoms with Crippen LogP contribution in [0.15, 0.2) is 78.9 Å². The minimum atomic E-state index is -0.385. The quantitative estimate of drug-likeness (QED) is 0.344. The molecule has 1 aromatic heterocycles. The molecule has 2 amide bonds.